The van der Waals surface area contributed by atoms with Gasteiger partial charge < -0.3 is 10.4 Å². The standard InChI is InChI=1S/C17H28N2O/c1-4-17(2,3)13-5-7-14(8-6-13)18-11-15-9-10-16(20)12-19-15/h9-10,12-14,18,20H,4-8,11H2,1-3H3. The van der Waals surface area contributed by atoms with Crippen LogP contribution in [0.25, 0.3) is 0 Å². The summed E-state index contributed by atoms with van der Waals surface area (Å²) in [6.45, 7) is 7.92. The second-order valence-corrected chi connectivity index (χ2v) is 6.78. The van der Waals surface area contributed by atoms with Crippen molar-refractivity contribution in [2.75, 3.05) is 0 Å². The van der Waals surface area contributed by atoms with Crippen molar-refractivity contribution in [3.05, 3.63) is 24.0 Å². The van der Waals surface area contributed by atoms with Crippen LogP contribution in [0.3, 0.4) is 0 Å². The Bertz CT molecular complexity index is 406. The molecular formula is C17H28N2O. The SMILES string of the molecule is CCC(C)(C)C1CCC(NCc2ccc(O)cn2)CC1. The highest BCUT2D eigenvalue weighted by atomic mass is 16.3. The number of aromatic nitrogens is 1. The Kier molecular flexibility index (Phi) is 5.03. The number of rotatable bonds is 5. The predicted octanol–water partition coefficient (Wildman–Crippen LogP) is 3.87. The molecule has 112 valence electrons. The number of hydrogen-bond donors (Lipinski definition) is 2. The Morgan fingerprint density at radius 3 is 2.50 bits per heavy atom. The molecule has 2 rings (SSSR count). The quantitative estimate of drug-likeness (QED) is 0.858. The molecule has 0 aliphatic heterocycles. The summed E-state index contributed by atoms with van der Waals surface area (Å²) < 4.78 is 0. The summed E-state index contributed by atoms with van der Waals surface area (Å²) in [6, 6.07) is 4.20. The first-order valence-corrected chi connectivity index (χ1v) is 7.88. The Hall–Kier alpha value is -1.09. The second-order valence-electron chi connectivity index (χ2n) is 6.78. The van der Waals surface area contributed by atoms with Gasteiger partial charge in [0.2, 0.25) is 0 Å². The highest BCUT2D eigenvalue weighted by Gasteiger charge is 2.31. The molecule has 0 saturated heterocycles. The Morgan fingerprint density at radius 2 is 1.95 bits per heavy atom. The van der Waals surface area contributed by atoms with Crippen LogP contribution in [0, 0.1) is 11.3 Å². The van der Waals surface area contributed by atoms with Crippen LogP contribution in [0.1, 0.15) is 58.6 Å². The van der Waals surface area contributed by atoms with Crippen molar-refractivity contribution in [2.45, 2.75) is 65.5 Å². The van der Waals surface area contributed by atoms with E-state index in [1.165, 1.54) is 38.3 Å². The Labute approximate surface area is 122 Å². The number of nitrogens with one attached hydrogen (secondary N) is 1. The molecule has 0 spiro atoms. The zero-order valence-electron chi connectivity index (χ0n) is 13.0. The van der Waals surface area contributed by atoms with E-state index in [1.54, 1.807) is 6.07 Å². The molecule has 2 N–H and O–H groups in total. The van der Waals surface area contributed by atoms with Crippen LogP contribution in [0.4, 0.5) is 0 Å². The van der Waals surface area contributed by atoms with E-state index in [2.05, 4.69) is 31.1 Å². The maximum atomic E-state index is 9.22. The Morgan fingerprint density at radius 1 is 1.25 bits per heavy atom. The van der Waals surface area contributed by atoms with Crippen molar-refractivity contribution < 1.29 is 5.11 Å². The van der Waals surface area contributed by atoms with Crippen LogP contribution in [0.5, 0.6) is 5.75 Å². The minimum Gasteiger partial charge on any atom is -0.506 e. The van der Waals surface area contributed by atoms with Gasteiger partial charge in [0.1, 0.15) is 5.75 Å². The van der Waals surface area contributed by atoms with E-state index in [9.17, 15) is 5.11 Å². The second kappa shape index (κ2) is 6.57. The molecule has 1 fully saturated rings. The first-order chi connectivity index (χ1) is 9.51. The van der Waals surface area contributed by atoms with Crippen molar-refractivity contribution in [3.63, 3.8) is 0 Å². The number of nitrogens with zero attached hydrogens (tertiary/aromatic N) is 1. The fraction of sp³-hybridized carbons (Fsp3) is 0.706. The molecule has 3 nitrogen and oxygen atoms in total. The molecule has 1 aliphatic rings. The van der Waals surface area contributed by atoms with Gasteiger partial charge in [-0.25, -0.2) is 0 Å². The van der Waals surface area contributed by atoms with Crippen molar-refractivity contribution in [3.8, 4) is 5.75 Å². The van der Waals surface area contributed by atoms with Crippen LogP contribution < -0.4 is 5.32 Å². The molecule has 0 bridgehead atoms. The summed E-state index contributed by atoms with van der Waals surface area (Å²) in [7, 11) is 0. The molecule has 0 radical (unpaired) electrons. The first-order valence-electron chi connectivity index (χ1n) is 7.88. The Balaban J connectivity index is 1.76. The molecule has 0 unspecified atom stereocenters. The van der Waals surface area contributed by atoms with Gasteiger partial charge in [0.05, 0.1) is 11.9 Å². The van der Waals surface area contributed by atoms with Gasteiger partial charge in [0, 0.05) is 12.6 Å². The van der Waals surface area contributed by atoms with E-state index in [4.69, 9.17) is 0 Å². The van der Waals surface area contributed by atoms with Gasteiger partial charge in [-0.05, 0) is 49.1 Å². The highest BCUT2D eigenvalue weighted by molar-refractivity contribution is 5.17. The smallest absolute Gasteiger partial charge is 0.133 e. The van der Waals surface area contributed by atoms with Crippen LogP contribution >= 0.6 is 0 Å². The minimum absolute atomic E-state index is 0.232. The van der Waals surface area contributed by atoms with E-state index < -0.39 is 0 Å². The molecular weight excluding hydrogens is 248 g/mol. The van der Waals surface area contributed by atoms with E-state index in [0.29, 0.717) is 11.5 Å². The summed E-state index contributed by atoms with van der Waals surface area (Å²) in [4.78, 5) is 4.22. The normalized spacial score (nSPS) is 23.8. The molecule has 0 atom stereocenters. The zero-order chi connectivity index (χ0) is 14.6. The lowest BCUT2D eigenvalue weighted by molar-refractivity contribution is 0.136. The number of pyridine rings is 1. The van der Waals surface area contributed by atoms with E-state index in [1.807, 2.05) is 6.07 Å². The molecule has 1 aromatic rings. The molecule has 1 heterocycles. The molecule has 3 heteroatoms. The average molecular weight is 276 g/mol. The van der Waals surface area contributed by atoms with E-state index >= 15 is 0 Å². The lowest BCUT2D eigenvalue weighted by Gasteiger charge is -2.39. The molecule has 0 amide bonds. The van der Waals surface area contributed by atoms with Crippen molar-refractivity contribution in [1.29, 1.82) is 0 Å². The van der Waals surface area contributed by atoms with Gasteiger partial charge in [-0.1, -0.05) is 27.2 Å². The van der Waals surface area contributed by atoms with Gasteiger partial charge in [0.25, 0.3) is 0 Å². The third-order valence-corrected chi connectivity index (χ3v) is 5.12. The lowest BCUT2D eigenvalue weighted by atomic mass is 9.69. The number of aromatic hydroxyl groups is 1. The maximum Gasteiger partial charge on any atom is 0.133 e. The van der Waals surface area contributed by atoms with E-state index in [-0.39, 0.29) is 5.75 Å². The van der Waals surface area contributed by atoms with E-state index in [0.717, 1.165) is 18.2 Å². The van der Waals surface area contributed by atoms with Gasteiger partial charge in [-0.2, -0.15) is 0 Å². The summed E-state index contributed by atoms with van der Waals surface area (Å²) in [6.07, 6.45) is 7.99. The first kappa shape index (κ1) is 15.3. The third-order valence-electron chi connectivity index (χ3n) is 5.12. The van der Waals surface area contributed by atoms with Gasteiger partial charge in [0.15, 0.2) is 0 Å². The zero-order valence-corrected chi connectivity index (χ0v) is 13.0. The van der Waals surface area contributed by atoms with Gasteiger partial charge in [-0.3, -0.25) is 4.98 Å². The summed E-state index contributed by atoms with van der Waals surface area (Å²) in [5.41, 5.74) is 1.49. The van der Waals surface area contributed by atoms with Crippen LogP contribution in [0.15, 0.2) is 18.3 Å². The summed E-state index contributed by atoms with van der Waals surface area (Å²) >= 11 is 0. The van der Waals surface area contributed by atoms with Gasteiger partial charge in [-0.15, -0.1) is 0 Å². The topological polar surface area (TPSA) is 45.1 Å². The van der Waals surface area contributed by atoms with Crippen molar-refractivity contribution in [1.82, 2.24) is 10.3 Å². The van der Waals surface area contributed by atoms with Crippen LogP contribution in [-0.4, -0.2) is 16.1 Å². The predicted molar refractivity (Wildman–Crippen MR) is 82.6 cm³/mol. The maximum absolute atomic E-state index is 9.22. The largest absolute Gasteiger partial charge is 0.506 e. The van der Waals surface area contributed by atoms with Crippen molar-refractivity contribution >= 4 is 0 Å². The molecule has 0 aromatic carbocycles. The van der Waals surface area contributed by atoms with Crippen molar-refractivity contribution in [2.24, 2.45) is 11.3 Å². The third kappa shape index (κ3) is 3.95. The molecule has 20 heavy (non-hydrogen) atoms. The highest BCUT2D eigenvalue weighted by Crippen LogP contribution is 2.40. The summed E-state index contributed by atoms with van der Waals surface area (Å²) in [5, 5.41) is 12.8. The number of hydrogen-bond acceptors (Lipinski definition) is 3. The van der Waals surface area contributed by atoms with Crippen LogP contribution in [0.2, 0.25) is 0 Å². The van der Waals surface area contributed by atoms with Crippen LogP contribution in [-0.2, 0) is 6.54 Å². The summed E-state index contributed by atoms with van der Waals surface area (Å²) in [5.74, 6) is 1.11. The molecule has 1 aromatic heterocycles. The molecule has 1 aliphatic carbocycles. The van der Waals surface area contributed by atoms with Gasteiger partial charge >= 0.3 is 0 Å². The fourth-order valence-corrected chi connectivity index (χ4v) is 3.14. The fourth-order valence-electron chi connectivity index (χ4n) is 3.14. The lowest BCUT2D eigenvalue weighted by Crippen LogP contribution is -2.36. The monoisotopic (exact) mass is 276 g/mol. The molecule has 1 saturated carbocycles. The minimum atomic E-state index is 0.232. The average Bonchev–Trinajstić information content (AvgIpc) is 2.47.